The normalized spacial score (nSPS) is 17.9. The number of hydrogen-bond donors (Lipinski definition) is 2. The lowest BCUT2D eigenvalue weighted by Crippen LogP contribution is -2.42. The highest BCUT2D eigenvalue weighted by molar-refractivity contribution is 14.0. The van der Waals surface area contributed by atoms with Gasteiger partial charge in [0.25, 0.3) is 0 Å². The molecule has 0 spiro atoms. The van der Waals surface area contributed by atoms with E-state index in [9.17, 15) is 8.78 Å². The van der Waals surface area contributed by atoms with Gasteiger partial charge >= 0.3 is 6.61 Å². The van der Waals surface area contributed by atoms with E-state index >= 15 is 0 Å². The maximum absolute atomic E-state index is 12.5. The number of likely N-dealkylation sites (N-methyl/N-ethyl adjacent to an activating group) is 1. The van der Waals surface area contributed by atoms with Crippen molar-refractivity contribution in [3.8, 4) is 11.5 Å². The monoisotopic (exact) mass is 484 g/mol. The largest absolute Gasteiger partial charge is 0.493 e. The highest BCUT2D eigenvalue weighted by Gasteiger charge is 2.22. The van der Waals surface area contributed by atoms with Gasteiger partial charge in [-0.1, -0.05) is 13.0 Å². The topological polar surface area (TPSA) is 72.1 Å². The Bertz CT molecular complexity index is 590. The number of nitrogens with two attached hydrogens (primary N) is 1. The first kappa shape index (κ1) is 22.7. The fourth-order valence-corrected chi connectivity index (χ4v) is 3.00. The molecule has 1 unspecified atom stereocenters. The van der Waals surface area contributed by atoms with E-state index in [2.05, 4.69) is 26.9 Å². The van der Waals surface area contributed by atoms with Gasteiger partial charge in [0.15, 0.2) is 17.5 Å². The lowest BCUT2D eigenvalue weighted by Gasteiger charge is -2.23. The zero-order chi connectivity index (χ0) is 18.2. The van der Waals surface area contributed by atoms with Crippen molar-refractivity contribution in [3.63, 3.8) is 0 Å². The van der Waals surface area contributed by atoms with Crippen LogP contribution in [0.3, 0.4) is 0 Å². The quantitative estimate of drug-likeness (QED) is 0.338. The number of ether oxygens (including phenoxy) is 2. The van der Waals surface area contributed by atoms with Crippen molar-refractivity contribution in [3.05, 3.63) is 23.8 Å². The summed E-state index contributed by atoms with van der Waals surface area (Å²) in [6.07, 6.45) is 2.36. The first-order chi connectivity index (χ1) is 12.0. The van der Waals surface area contributed by atoms with Gasteiger partial charge in [0.2, 0.25) is 0 Å². The van der Waals surface area contributed by atoms with E-state index in [4.69, 9.17) is 10.5 Å². The van der Waals surface area contributed by atoms with Crippen LogP contribution in [-0.4, -0.2) is 50.3 Å². The van der Waals surface area contributed by atoms with Crippen LogP contribution in [0.15, 0.2) is 23.2 Å². The number of aliphatic imine (C=N–C) groups is 1. The van der Waals surface area contributed by atoms with Crippen molar-refractivity contribution in [1.82, 2.24) is 10.2 Å². The number of hydrogen-bond acceptors (Lipinski definition) is 4. The van der Waals surface area contributed by atoms with E-state index in [0.717, 1.165) is 26.1 Å². The summed E-state index contributed by atoms with van der Waals surface area (Å²) in [5.74, 6) is 0.580. The molecule has 1 aliphatic rings. The van der Waals surface area contributed by atoms with Gasteiger partial charge in [-0.2, -0.15) is 8.78 Å². The molecule has 1 atom stereocenters. The number of nitrogens with one attached hydrogen (secondary N) is 1. The van der Waals surface area contributed by atoms with Gasteiger partial charge < -0.3 is 20.5 Å². The van der Waals surface area contributed by atoms with Gasteiger partial charge in [-0.05, 0) is 43.6 Å². The average Bonchev–Trinajstić information content (AvgIpc) is 3.05. The molecule has 0 aliphatic carbocycles. The van der Waals surface area contributed by atoms with Crippen molar-refractivity contribution in [2.45, 2.75) is 39.0 Å². The Labute approximate surface area is 170 Å². The predicted octanol–water partition coefficient (Wildman–Crippen LogP) is 2.80. The third-order valence-corrected chi connectivity index (χ3v) is 4.30. The number of nitrogens with zero attached hydrogens (tertiary/aromatic N) is 2. The van der Waals surface area contributed by atoms with Crippen LogP contribution < -0.4 is 20.5 Å². The highest BCUT2D eigenvalue weighted by Crippen LogP contribution is 2.29. The summed E-state index contributed by atoms with van der Waals surface area (Å²) in [6.45, 7) is 2.42. The molecule has 0 amide bonds. The van der Waals surface area contributed by atoms with Crippen molar-refractivity contribution in [2.24, 2.45) is 10.7 Å². The van der Waals surface area contributed by atoms with Crippen molar-refractivity contribution < 1.29 is 18.3 Å². The lowest BCUT2D eigenvalue weighted by molar-refractivity contribution is -0.0512. The number of benzene rings is 1. The third kappa shape index (κ3) is 6.75. The minimum absolute atomic E-state index is 0. The van der Waals surface area contributed by atoms with Crippen LogP contribution in [0, 0.1) is 0 Å². The highest BCUT2D eigenvalue weighted by atomic mass is 127. The van der Waals surface area contributed by atoms with Gasteiger partial charge in [-0.25, -0.2) is 4.99 Å². The Morgan fingerprint density at radius 3 is 2.85 bits per heavy atom. The minimum Gasteiger partial charge on any atom is -0.493 e. The molecule has 0 aromatic heterocycles. The molecular weight excluding hydrogens is 457 g/mol. The fraction of sp³-hybridized carbons (Fsp3) is 0.588. The third-order valence-electron chi connectivity index (χ3n) is 4.30. The predicted molar refractivity (Wildman–Crippen MR) is 109 cm³/mol. The van der Waals surface area contributed by atoms with Gasteiger partial charge in [-0.3, -0.25) is 4.90 Å². The number of rotatable bonds is 8. The molecule has 148 valence electrons. The zero-order valence-electron chi connectivity index (χ0n) is 15.1. The van der Waals surface area contributed by atoms with E-state index in [-0.39, 0.29) is 42.0 Å². The maximum Gasteiger partial charge on any atom is 0.387 e. The van der Waals surface area contributed by atoms with Crippen LogP contribution in [-0.2, 0) is 6.54 Å². The standard InChI is InChI=1S/C17H26F2N4O2.HI/c1-3-23-8-4-5-13(23)11-22-17(20)21-10-12-6-7-14(24-2)15(9-12)25-16(18)19;/h6-7,9,13,16H,3-5,8,10-11H2,1-2H3,(H3,20,21,22);1H. The van der Waals surface area contributed by atoms with Gasteiger partial charge in [-0.15, -0.1) is 24.0 Å². The molecule has 1 aliphatic heterocycles. The average molecular weight is 484 g/mol. The Kier molecular flexibility index (Phi) is 9.92. The number of guanidine groups is 1. The number of alkyl halides is 2. The van der Waals surface area contributed by atoms with Crippen molar-refractivity contribution >= 4 is 29.9 Å². The summed E-state index contributed by atoms with van der Waals surface area (Å²) in [4.78, 5) is 6.68. The van der Waals surface area contributed by atoms with Crippen LogP contribution in [0.5, 0.6) is 11.5 Å². The van der Waals surface area contributed by atoms with E-state index in [0.29, 0.717) is 17.6 Å². The fourth-order valence-electron chi connectivity index (χ4n) is 3.00. The Morgan fingerprint density at radius 1 is 1.42 bits per heavy atom. The second kappa shape index (κ2) is 11.4. The van der Waals surface area contributed by atoms with E-state index in [1.807, 2.05) is 0 Å². The molecule has 9 heteroatoms. The van der Waals surface area contributed by atoms with Gasteiger partial charge in [0, 0.05) is 12.6 Å². The maximum atomic E-state index is 12.5. The first-order valence-electron chi connectivity index (χ1n) is 8.43. The van der Waals surface area contributed by atoms with Crippen LogP contribution in [0.4, 0.5) is 8.78 Å². The molecule has 1 aromatic carbocycles. The van der Waals surface area contributed by atoms with E-state index in [1.54, 1.807) is 12.1 Å². The number of likely N-dealkylation sites (tertiary alicyclic amines) is 1. The van der Waals surface area contributed by atoms with Crippen LogP contribution in [0.25, 0.3) is 0 Å². The molecule has 0 bridgehead atoms. The summed E-state index contributed by atoms with van der Waals surface area (Å²) in [7, 11) is 1.40. The Balaban J connectivity index is 0.00000338. The van der Waals surface area contributed by atoms with Crippen molar-refractivity contribution in [1.29, 1.82) is 0 Å². The molecular formula is C17H27F2IN4O2. The Morgan fingerprint density at radius 2 is 2.19 bits per heavy atom. The molecule has 2 rings (SSSR count). The molecule has 0 radical (unpaired) electrons. The van der Waals surface area contributed by atoms with Gasteiger partial charge in [0.05, 0.1) is 13.7 Å². The molecule has 26 heavy (non-hydrogen) atoms. The van der Waals surface area contributed by atoms with Crippen LogP contribution in [0.2, 0.25) is 0 Å². The van der Waals surface area contributed by atoms with E-state index < -0.39 is 6.61 Å². The number of halogens is 3. The summed E-state index contributed by atoms with van der Waals surface area (Å²) < 4.78 is 34.4. The molecule has 1 heterocycles. The molecule has 6 nitrogen and oxygen atoms in total. The summed E-state index contributed by atoms with van der Waals surface area (Å²) in [6, 6.07) is 5.27. The number of methoxy groups -OCH3 is 1. The van der Waals surface area contributed by atoms with Gasteiger partial charge in [0.1, 0.15) is 0 Å². The van der Waals surface area contributed by atoms with Crippen LogP contribution in [0.1, 0.15) is 25.3 Å². The Hall–Kier alpha value is -1.36. The first-order valence-corrected chi connectivity index (χ1v) is 8.43. The lowest BCUT2D eigenvalue weighted by atomic mass is 10.2. The smallest absolute Gasteiger partial charge is 0.387 e. The van der Waals surface area contributed by atoms with Crippen LogP contribution >= 0.6 is 24.0 Å². The van der Waals surface area contributed by atoms with E-state index in [1.165, 1.54) is 19.6 Å². The second-order valence-electron chi connectivity index (χ2n) is 5.87. The second-order valence-corrected chi connectivity index (χ2v) is 5.87. The minimum atomic E-state index is -2.91. The molecule has 1 fully saturated rings. The molecule has 1 saturated heterocycles. The molecule has 3 N–H and O–H groups in total. The zero-order valence-corrected chi connectivity index (χ0v) is 17.4. The summed E-state index contributed by atoms with van der Waals surface area (Å²) in [5, 5.41) is 3.14. The SMILES string of the molecule is CCN1CCCC1CNC(N)=NCc1ccc(OC)c(OC(F)F)c1.I. The van der Waals surface area contributed by atoms with Crippen molar-refractivity contribution in [2.75, 3.05) is 26.7 Å². The molecule has 0 saturated carbocycles. The molecule has 1 aromatic rings. The summed E-state index contributed by atoms with van der Waals surface area (Å²) in [5.41, 5.74) is 6.61. The summed E-state index contributed by atoms with van der Waals surface area (Å²) >= 11 is 0.